The maximum absolute atomic E-state index is 11.4. The molecule has 0 aliphatic rings. The van der Waals surface area contributed by atoms with Crippen LogP contribution < -0.4 is 5.32 Å². The summed E-state index contributed by atoms with van der Waals surface area (Å²) in [6, 6.07) is 3.44. The third-order valence-corrected chi connectivity index (χ3v) is 3.04. The van der Waals surface area contributed by atoms with Gasteiger partial charge in [0.25, 0.3) is 0 Å². The number of carbonyl (C=O) groups is 1. The highest BCUT2D eigenvalue weighted by molar-refractivity contribution is 5.88. The van der Waals surface area contributed by atoms with Crippen LogP contribution in [0.5, 0.6) is 0 Å². The molecule has 18 heavy (non-hydrogen) atoms. The van der Waals surface area contributed by atoms with Crippen molar-refractivity contribution in [1.82, 2.24) is 4.98 Å². The molecule has 0 aromatic carbocycles. The van der Waals surface area contributed by atoms with Crippen molar-refractivity contribution in [2.24, 2.45) is 0 Å². The summed E-state index contributed by atoms with van der Waals surface area (Å²) in [5.41, 5.74) is 0.858. The summed E-state index contributed by atoms with van der Waals surface area (Å²) in [7, 11) is 1.33. The van der Waals surface area contributed by atoms with E-state index in [0.717, 1.165) is 12.1 Å². The van der Waals surface area contributed by atoms with E-state index in [1.54, 1.807) is 18.3 Å². The standard InChI is InChI=1S/C13H20N2O3/c1-4-13(2,6-8-16)15-10-5-7-14-11(9-10)12(17)18-3/h5,7,9,16H,4,6,8H2,1-3H3,(H,14,15). The summed E-state index contributed by atoms with van der Waals surface area (Å²) in [6.07, 6.45) is 3.06. The van der Waals surface area contributed by atoms with Crippen molar-refractivity contribution in [2.75, 3.05) is 19.0 Å². The van der Waals surface area contributed by atoms with E-state index in [2.05, 4.69) is 15.0 Å². The maximum atomic E-state index is 11.4. The third-order valence-electron chi connectivity index (χ3n) is 3.04. The SMILES string of the molecule is CCC(C)(CCO)Nc1ccnc(C(=O)OC)c1. The number of pyridine rings is 1. The van der Waals surface area contributed by atoms with Crippen molar-refractivity contribution < 1.29 is 14.6 Å². The number of aliphatic hydroxyl groups is 1. The molecule has 1 heterocycles. The monoisotopic (exact) mass is 252 g/mol. The number of hydrogen-bond donors (Lipinski definition) is 2. The molecule has 0 fully saturated rings. The minimum Gasteiger partial charge on any atom is -0.464 e. The molecule has 1 rings (SSSR count). The van der Waals surface area contributed by atoms with Gasteiger partial charge in [-0.05, 0) is 31.9 Å². The van der Waals surface area contributed by atoms with E-state index in [9.17, 15) is 4.79 Å². The van der Waals surface area contributed by atoms with Crippen molar-refractivity contribution in [1.29, 1.82) is 0 Å². The van der Waals surface area contributed by atoms with Crippen molar-refractivity contribution in [3.05, 3.63) is 24.0 Å². The molecule has 0 saturated carbocycles. The molecule has 0 amide bonds. The maximum Gasteiger partial charge on any atom is 0.356 e. The van der Waals surface area contributed by atoms with Crippen LogP contribution in [0.25, 0.3) is 0 Å². The molecule has 0 radical (unpaired) electrons. The zero-order chi connectivity index (χ0) is 13.6. The highest BCUT2D eigenvalue weighted by atomic mass is 16.5. The van der Waals surface area contributed by atoms with Crippen LogP contribution in [-0.2, 0) is 4.74 Å². The highest BCUT2D eigenvalue weighted by Crippen LogP contribution is 2.21. The van der Waals surface area contributed by atoms with Gasteiger partial charge in [-0.25, -0.2) is 9.78 Å². The Kier molecular flexibility index (Phi) is 5.09. The molecule has 2 N–H and O–H groups in total. The van der Waals surface area contributed by atoms with Crippen LogP contribution >= 0.6 is 0 Å². The number of hydrogen-bond acceptors (Lipinski definition) is 5. The van der Waals surface area contributed by atoms with Gasteiger partial charge in [0.15, 0.2) is 0 Å². The molecule has 5 heteroatoms. The van der Waals surface area contributed by atoms with Gasteiger partial charge in [0.1, 0.15) is 5.69 Å². The predicted molar refractivity (Wildman–Crippen MR) is 69.6 cm³/mol. The van der Waals surface area contributed by atoms with Crippen LogP contribution in [0.2, 0.25) is 0 Å². The lowest BCUT2D eigenvalue weighted by atomic mass is 9.94. The van der Waals surface area contributed by atoms with Gasteiger partial charge < -0.3 is 15.2 Å². The molecule has 1 unspecified atom stereocenters. The first-order valence-corrected chi connectivity index (χ1v) is 5.98. The van der Waals surface area contributed by atoms with E-state index in [0.29, 0.717) is 6.42 Å². The molecule has 100 valence electrons. The summed E-state index contributed by atoms with van der Waals surface area (Å²) in [6.45, 7) is 4.19. The topological polar surface area (TPSA) is 71.5 Å². The van der Waals surface area contributed by atoms with Crippen LogP contribution in [-0.4, -0.2) is 35.3 Å². The van der Waals surface area contributed by atoms with Crippen LogP contribution in [0.15, 0.2) is 18.3 Å². The highest BCUT2D eigenvalue weighted by Gasteiger charge is 2.21. The Morgan fingerprint density at radius 1 is 1.61 bits per heavy atom. The molecule has 0 aliphatic carbocycles. The average molecular weight is 252 g/mol. The van der Waals surface area contributed by atoms with Crippen molar-refractivity contribution >= 4 is 11.7 Å². The second kappa shape index (κ2) is 6.35. The predicted octanol–water partition coefficient (Wildman–Crippen LogP) is 1.83. The smallest absolute Gasteiger partial charge is 0.356 e. The lowest BCUT2D eigenvalue weighted by Gasteiger charge is -2.30. The summed E-state index contributed by atoms with van der Waals surface area (Å²) in [5.74, 6) is -0.459. The zero-order valence-corrected chi connectivity index (χ0v) is 11.1. The van der Waals surface area contributed by atoms with E-state index in [4.69, 9.17) is 5.11 Å². The number of aromatic nitrogens is 1. The molecule has 0 saturated heterocycles. The van der Waals surface area contributed by atoms with Crippen molar-refractivity contribution in [2.45, 2.75) is 32.2 Å². The molecule has 0 spiro atoms. The Bertz CT molecular complexity index is 409. The van der Waals surface area contributed by atoms with Gasteiger partial charge in [0.2, 0.25) is 0 Å². The van der Waals surface area contributed by atoms with Crippen LogP contribution in [0.4, 0.5) is 5.69 Å². The fourth-order valence-corrected chi connectivity index (χ4v) is 1.65. The van der Waals surface area contributed by atoms with Gasteiger partial charge in [-0.2, -0.15) is 0 Å². The van der Waals surface area contributed by atoms with Gasteiger partial charge in [-0.15, -0.1) is 0 Å². The Hall–Kier alpha value is -1.62. The molecule has 0 bridgehead atoms. The van der Waals surface area contributed by atoms with Crippen LogP contribution in [0.3, 0.4) is 0 Å². The van der Waals surface area contributed by atoms with Crippen molar-refractivity contribution in [3.8, 4) is 0 Å². The van der Waals surface area contributed by atoms with Crippen molar-refractivity contribution in [3.63, 3.8) is 0 Å². The van der Waals surface area contributed by atoms with E-state index in [1.807, 2.05) is 13.8 Å². The Morgan fingerprint density at radius 2 is 2.33 bits per heavy atom. The lowest BCUT2D eigenvalue weighted by molar-refractivity contribution is 0.0594. The summed E-state index contributed by atoms with van der Waals surface area (Å²) < 4.78 is 4.63. The number of ether oxygens (including phenoxy) is 1. The number of methoxy groups -OCH3 is 1. The van der Waals surface area contributed by atoms with Crippen LogP contribution in [0, 0.1) is 0 Å². The van der Waals surface area contributed by atoms with E-state index < -0.39 is 5.97 Å². The van der Waals surface area contributed by atoms with Gasteiger partial charge in [-0.1, -0.05) is 6.92 Å². The molecule has 5 nitrogen and oxygen atoms in total. The number of nitrogens with one attached hydrogen (secondary N) is 1. The second-order valence-corrected chi connectivity index (χ2v) is 4.43. The summed E-state index contributed by atoms with van der Waals surface area (Å²) in [4.78, 5) is 15.3. The first kappa shape index (κ1) is 14.4. The average Bonchev–Trinajstić information content (AvgIpc) is 2.38. The molecule has 0 aliphatic heterocycles. The number of anilines is 1. The Morgan fingerprint density at radius 3 is 2.89 bits per heavy atom. The molecular weight excluding hydrogens is 232 g/mol. The number of esters is 1. The Labute approximate surface area is 107 Å². The van der Waals surface area contributed by atoms with Gasteiger partial charge in [-0.3, -0.25) is 0 Å². The first-order valence-electron chi connectivity index (χ1n) is 5.98. The van der Waals surface area contributed by atoms with Crippen LogP contribution in [0.1, 0.15) is 37.2 Å². The molecule has 1 atom stereocenters. The number of rotatable bonds is 6. The lowest BCUT2D eigenvalue weighted by Crippen LogP contribution is -2.35. The minimum atomic E-state index is -0.459. The normalized spacial score (nSPS) is 13.8. The summed E-state index contributed by atoms with van der Waals surface area (Å²) in [5, 5.41) is 12.4. The van der Waals surface area contributed by atoms with Gasteiger partial charge in [0.05, 0.1) is 7.11 Å². The van der Waals surface area contributed by atoms with Gasteiger partial charge >= 0.3 is 5.97 Å². The number of nitrogens with zero attached hydrogens (tertiary/aromatic N) is 1. The van der Waals surface area contributed by atoms with Gasteiger partial charge in [0, 0.05) is 24.0 Å². The molecule has 1 aromatic rings. The third kappa shape index (κ3) is 3.70. The molecular formula is C13H20N2O3. The molecule has 1 aromatic heterocycles. The summed E-state index contributed by atoms with van der Waals surface area (Å²) >= 11 is 0. The zero-order valence-electron chi connectivity index (χ0n) is 11.1. The number of aliphatic hydroxyl groups excluding tert-OH is 1. The minimum absolute atomic E-state index is 0.117. The largest absolute Gasteiger partial charge is 0.464 e. The van der Waals surface area contributed by atoms with E-state index in [1.165, 1.54) is 7.11 Å². The fourth-order valence-electron chi connectivity index (χ4n) is 1.65. The Balaban J connectivity index is 2.87. The van der Waals surface area contributed by atoms with E-state index >= 15 is 0 Å². The number of carbonyl (C=O) groups excluding carboxylic acids is 1. The van der Waals surface area contributed by atoms with E-state index in [-0.39, 0.29) is 17.8 Å². The second-order valence-electron chi connectivity index (χ2n) is 4.43. The first-order chi connectivity index (χ1) is 8.54. The quantitative estimate of drug-likeness (QED) is 0.756. The fraction of sp³-hybridized carbons (Fsp3) is 0.538.